The number of aryl methyl sites for hydroxylation is 1. The molecule has 0 unspecified atom stereocenters. The number of nitrogens with zero attached hydrogens (tertiary/aromatic N) is 3. The molecule has 0 saturated carbocycles. The maximum Gasteiger partial charge on any atom is 0.216 e. The van der Waals surface area contributed by atoms with Gasteiger partial charge < -0.3 is 4.74 Å². The van der Waals surface area contributed by atoms with E-state index in [-0.39, 0.29) is 25.0 Å². The Morgan fingerprint density at radius 3 is 2.61 bits per heavy atom. The van der Waals surface area contributed by atoms with Gasteiger partial charge in [0.1, 0.15) is 5.82 Å². The minimum Gasteiger partial charge on any atom is -0.378 e. The highest BCUT2D eigenvalue weighted by Crippen LogP contribution is 2.04. The number of nitrogens with one attached hydrogen (secondary N) is 1. The summed E-state index contributed by atoms with van der Waals surface area (Å²) in [4.78, 5) is 4.07. The van der Waals surface area contributed by atoms with Gasteiger partial charge in [0.2, 0.25) is 10.0 Å². The number of rotatable bonds is 7. The number of hydrogen-bond donors (Lipinski definition) is 1. The lowest BCUT2D eigenvalue weighted by Crippen LogP contribution is -2.31. The predicted octanol–water partition coefficient (Wildman–Crippen LogP) is 0.300. The van der Waals surface area contributed by atoms with Crippen molar-refractivity contribution in [3.05, 3.63) is 11.6 Å². The van der Waals surface area contributed by atoms with Crippen molar-refractivity contribution in [1.29, 1.82) is 0 Å². The molecule has 0 bridgehead atoms. The third-order valence-electron chi connectivity index (χ3n) is 2.27. The standard InChI is InChI=1S/C10H20N4O3S/c1-8(2)17-5-6-18(15,16)14(4)7-10-11-9(3)12-13-10/h8H,5-7H2,1-4H3,(H,11,12,13). The van der Waals surface area contributed by atoms with E-state index in [2.05, 4.69) is 15.2 Å². The average molecular weight is 276 g/mol. The monoisotopic (exact) mass is 276 g/mol. The van der Waals surface area contributed by atoms with Crippen molar-refractivity contribution >= 4 is 10.0 Å². The average Bonchev–Trinajstić information content (AvgIpc) is 2.63. The van der Waals surface area contributed by atoms with Crippen LogP contribution in [0.5, 0.6) is 0 Å². The van der Waals surface area contributed by atoms with E-state index in [9.17, 15) is 8.42 Å². The first-order chi connectivity index (χ1) is 8.31. The van der Waals surface area contributed by atoms with Crippen molar-refractivity contribution in [3.8, 4) is 0 Å². The van der Waals surface area contributed by atoms with Gasteiger partial charge in [0, 0.05) is 7.05 Å². The van der Waals surface area contributed by atoms with Crippen LogP contribution in [0.1, 0.15) is 25.5 Å². The Balaban J connectivity index is 2.51. The molecule has 0 atom stereocenters. The van der Waals surface area contributed by atoms with Crippen LogP contribution in [0, 0.1) is 6.92 Å². The van der Waals surface area contributed by atoms with Gasteiger partial charge in [-0.15, -0.1) is 0 Å². The zero-order valence-corrected chi connectivity index (χ0v) is 12.0. The van der Waals surface area contributed by atoms with Gasteiger partial charge in [-0.05, 0) is 20.8 Å². The SMILES string of the molecule is Cc1nc(CN(C)S(=O)(=O)CCOC(C)C)n[nH]1. The van der Waals surface area contributed by atoms with Gasteiger partial charge in [-0.25, -0.2) is 13.4 Å². The number of hydrogen-bond acceptors (Lipinski definition) is 5. The van der Waals surface area contributed by atoms with Gasteiger partial charge in [0.15, 0.2) is 5.82 Å². The Morgan fingerprint density at radius 2 is 2.11 bits per heavy atom. The summed E-state index contributed by atoms with van der Waals surface area (Å²) >= 11 is 0. The van der Waals surface area contributed by atoms with Crippen LogP contribution in [0.15, 0.2) is 0 Å². The summed E-state index contributed by atoms with van der Waals surface area (Å²) in [5, 5.41) is 6.58. The van der Waals surface area contributed by atoms with Crippen LogP contribution in [0.2, 0.25) is 0 Å². The Hall–Kier alpha value is -0.990. The predicted molar refractivity (Wildman–Crippen MR) is 67.5 cm³/mol. The van der Waals surface area contributed by atoms with Gasteiger partial charge in [-0.1, -0.05) is 0 Å². The second-order valence-corrected chi connectivity index (χ2v) is 6.52. The highest BCUT2D eigenvalue weighted by molar-refractivity contribution is 7.89. The first kappa shape index (κ1) is 15.1. The first-order valence-electron chi connectivity index (χ1n) is 5.75. The third-order valence-corrected chi connectivity index (χ3v) is 4.04. The van der Waals surface area contributed by atoms with E-state index < -0.39 is 10.0 Å². The number of H-pyrrole nitrogens is 1. The quantitative estimate of drug-likeness (QED) is 0.774. The van der Waals surface area contributed by atoms with E-state index in [1.54, 1.807) is 6.92 Å². The summed E-state index contributed by atoms with van der Waals surface area (Å²) in [6, 6.07) is 0. The summed E-state index contributed by atoms with van der Waals surface area (Å²) in [7, 11) is -1.82. The van der Waals surface area contributed by atoms with Crippen LogP contribution in [-0.2, 0) is 21.3 Å². The van der Waals surface area contributed by atoms with Gasteiger partial charge in [-0.2, -0.15) is 9.40 Å². The van der Waals surface area contributed by atoms with Crippen molar-refractivity contribution in [2.75, 3.05) is 19.4 Å². The normalized spacial score (nSPS) is 12.6. The molecule has 0 spiro atoms. The number of sulfonamides is 1. The van der Waals surface area contributed by atoms with E-state index in [1.165, 1.54) is 11.4 Å². The lowest BCUT2D eigenvalue weighted by molar-refractivity contribution is 0.0907. The topological polar surface area (TPSA) is 88.2 Å². The molecule has 0 aliphatic rings. The molecule has 1 rings (SSSR count). The molecule has 1 N–H and O–H groups in total. The fraction of sp³-hybridized carbons (Fsp3) is 0.800. The number of ether oxygens (including phenoxy) is 1. The van der Waals surface area contributed by atoms with Crippen molar-refractivity contribution in [3.63, 3.8) is 0 Å². The Labute approximate surface area is 108 Å². The van der Waals surface area contributed by atoms with E-state index >= 15 is 0 Å². The second kappa shape index (κ2) is 6.26. The highest BCUT2D eigenvalue weighted by Gasteiger charge is 2.19. The molecule has 18 heavy (non-hydrogen) atoms. The fourth-order valence-corrected chi connectivity index (χ4v) is 2.23. The lowest BCUT2D eigenvalue weighted by Gasteiger charge is -2.16. The molecule has 1 heterocycles. The summed E-state index contributed by atoms with van der Waals surface area (Å²) < 4.78 is 30.3. The minimum atomic E-state index is -3.33. The van der Waals surface area contributed by atoms with Crippen LogP contribution in [-0.4, -0.2) is 53.4 Å². The Bertz CT molecular complexity index is 469. The van der Waals surface area contributed by atoms with Gasteiger partial charge >= 0.3 is 0 Å². The molecular weight excluding hydrogens is 256 g/mol. The molecule has 0 aliphatic heterocycles. The van der Waals surface area contributed by atoms with Gasteiger partial charge in [0.05, 0.1) is 25.0 Å². The van der Waals surface area contributed by atoms with Crippen molar-refractivity contribution in [2.24, 2.45) is 0 Å². The minimum absolute atomic E-state index is 0.0289. The molecule has 0 amide bonds. The van der Waals surface area contributed by atoms with Gasteiger partial charge in [0.25, 0.3) is 0 Å². The van der Waals surface area contributed by atoms with Crippen LogP contribution < -0.4 is 0 Å². The molecule has 7 nitrogen and oxygen atoms in total. The molecular formula is C10H20N4O3S. The van der Waals surface area contributed by atoms with Crippen LogP contribution in [0.25, 0.3) is 0 Å². The van der Waals surface area contributed by atoms with E-state index in [1.807, 2.05) is 13.8 Å². The summed E-state index contributed by atoms with van der Waals surface area (Å²) in [5.41, 5.74) is 0. The molecule has 104 valence electrons. The van der Waals surface area contributed by atoms with Crippen molar-refractivity contribution < 1.29 is 13.2 Å². The number of aromatic amines is 1. The molecule has 0 radical (unpaired) electrons. The zero-order valence-electron chi connectivity index (χ0n) is 11.2. The second-order valence-electron chi connectivity index (χ2n) is 4.33. The van der Waals surface area contributed by atoms with Crippen LogP contribution in [0.4, 0.5) is 0 Å². The molecule has 8 heteroatoms. The van der Waals surface area contributed by atoms with Gasteiger partial charge in [-0.3, -0.25) is 5.10 Å². The maximum absolute atomic E-state index is 11.9. The Kier molecular flexibility index (Phi) is 5.24. The maximum atomic E-state index is 11.9. The van der Waals surface area contributed by atoms with E-state index in [4.69, 9.17) is 4.74 Å². The zero-order chi connectivity index (χ0) is 13.8. The highest BCUT2D eigenvalue weighted by atomic mass is 32.2. The molecule has 1 aromatic heterocycles. The Morgan fingerprint density at radius 1 is 1.44 bits per heavy atom. The van der Waals surface area contributed by atoms with Crippen molar-refractivity contribution in [1.82, 2.24) is 19.5 Å². The van der Waals surface area contributed by atoms with E-state index in [0.29, 0.717) is 11.6 Å². The van der Waals surface area contributed by atoms with Crippen LogP contribution in [0.3, 0.4) is 0 Å². The van der Waals surface area contributed by atoms with Crippen LogP contribution >= 0.6 is 0 Å². The van der Waals surface area contributed by atoms with Crippen molar-refractivity contribution in [2.45, 2.75) is 33.4 Å². The largest absolute Gasteiger partial charge is 0.378 e. The lowest BCUT2D eigenvalue weighted by atomic mass is 10.5. The molecule has 1 aromatic rings. The molecule has 0 aliphatic carbocycles. The fourth-order valence-electron chi connectivity index (χ4n) is 1.30. The third kappa shape index (κ3) is 4.71. The number of aromatic nitrogens is 3. The summed E-state index contributed by atoms with van der Waals surface area (Å²) in [6.07, 6.45) is 0.0289. The molecule has 0 fully saturated rings. The molecule has 0 aromatic carbocycles. The summed E-state index contributed by atoms with van der Waals surface area (Å²) in [6.45, 7) is 5.85. The van der Waals surface area contributed by atoms with E-state index in [0.717, 1.165) is 0 Å². The summed E-state index contributed by atoms with van der Waals surface area (Å²) in [5.74, 6) is 1.09. The molecule has 0 saturated heterocycles. The first-order valence-corrected chi connectivity index (χ1v) is 7.35. The smallest absolute Gasteiger partial charge is 0.216 e.